The van der Waals surface area contributed by atoms with E-state index in [0.29, 0.717) is 25.9 Å². The standard InChI is InChI=1S/C11H17NO4/c1-2-3-5-8(11(14)15)12-10(13)9-6-4-7-16-9/h2,8-9H,1,3-7H2,(H,12,13)(H,14,15)/t8?,9-/m0/s1. The van der Waals surface area contributed by atoms with Gasteiger partial charge in [0.05, 0.1) is 0 Å². The first-order chi connectivity index (χ1) is 7.65. The Morgan fingerprint density at radius 3 is 2.88 bits per heavy atom. The van der Waals surface area contributed by atoms with Crippen LogP contribution >= 0.6 is 0 Å². The summed E-state index contributed by atoms with van der Waals surface area (Å²) in [5, 5.41) is 11.4. The Balaban J connectivity index is 2.43. The van der Waals surface area contributed by atoms with Crippen LogP contribution in [0.1, 0.15) is 25.7 Å². The van der Waals surface area contributed by atoms with Crippen LogP contribution in [-0.2, 0) is 14.3 Å². The Morgan fingerprint density at radius 1 is 1.62 bits per heavy atom. The third kappa shape index (κ3) is 3.66. The van der Waals surface area contributed by atoms with Gasteiger partial charge < -0.3 is 15.2 Å². The SMILES string of the molecule is C=CCCC(NC(=O)[C@@H]1CCCO1)C(=O)O. The molecule has 1 aliphatic heterocycles. The number of amides is 1. The summed E-state index contributed by atoms with van der Waals surface area (Å²) in [6, 6.07) is -0.852. The topological polar surface area (TPSA) is 75.6 Å². The molecule has 0 saturated carbocycles. The number of rotatable bonds is 6. The zero-order valence-corrected chi connectivity index (χ0v) is 9.15. The highest BCUT2D eigenvalue weighted by atomic mass is 16.5. The van der Waals surface area contributed by atoms with Gasteiger partial charge in [-0.05, 0) is 25.7 Å². The second kappa shape index (κ2) is 6.27. The Labute approximate surface area is 94.5 Å². The van der Waals surface area contributed by atoms with Crippen molar-refractivity contribution in [3.8, 4) is 0 Å². The van der Waals surface area contributed by atoms with Crippen molar-refractivity contribution in [2.24, 2.45) is 0 Å². The van der Waals surface area contributed by atoms with Crippen molar-refractivity contribution in [1.82, 2.24) is 5.32 Å². The summed E-state index contributed by atoms with van der Waals surface area (Å²) in [6.07, 6.45) is 3.58. The van der Waals surface area contributed by atoms with Gasteiger partial charge in [0, 0.05) is 6.61 Å². The van der Waals surface area contributed by atoms with Crippen LogP contribution in [0.5, 0.6) is 0 Å². The van der Waals surface area contributed by atoms with Gasteiger partial charge >= 0.3 is 5.97 Å². The number of hydrogen-bond acceptors (Lipinski definition) is 3. The summed E-state index contributed by atoms with van der Waals surface area (Å²) in [5.41, 5.74) is 0. The molecule has 0 aromatic carbocycles. The highest BCUT2D eigenvalue weighted by molar-refractivity contribution is 5.86. The molecule has 1 heterocycles. The molecule has 1 aliphatic rings. The molecule has 5 heteroatoms. The average molecular weight is 227 g/mol. The van der Waals surface area contributed by atoms with E-state index in [1.54, 1.807) is 6.08 Å². The van der Waals surface area contributed by atoms with E-state index >= 15 is 0 Å². The fourth-order valence-electron chi connectivity index (χ4n) is 1.59. The second-order valence-corrected chi connectivity index (χ2v) is 3.77. The van der Waals surface area contributed by atoms with Crippen molar-refractivity contribution >= 4 is 11.9 Å². The Hall–Kier alpha value is -1.36. The van der Waals surface area contributed by atoms with Gasteiger partial charge in [-0.3, -0.25) is 4.79 Å². The van der Waals surface area contributed by atoms with E-state index in [1.165, 1.54) is 0 Å². The number of carbonyl (C=O) groups is 2. The monoisotopic (exact) mass is 227 g/mol. The van der Waals surface area contributed by atoms with Gasteiger partial charge in [-0.1, -0.05) is 6.08 Å². The minimum absolute atomic E-state index is 0.325. The third-order valence-corrected chi connectivity index (χ3v) is 2.50. The molecule has 1 unspecified atom stereocenters. The second-order valence-electron chi connectivity index (χ2n) is 3.77. The number of carboxylic acids is 1. The van der Waals surface area contributed by atoms with Crippen molar-refractivity contribution < 1.29 is 19.4 Å². The number of nitrogens with one attached hydrogen (secondary N) is 1. The summed E-state index contributed by atoms with van der Waals surface area (Å²) >= 11 is 0. The van der Waals surface area contributed by atoms with Gasteiger partial charge in [0.1, 0.15) is 12.1 Å². The van der Waals surface area contributed by atoms with Crippen LogP contribution in [0.2, 0.25) is 0 Å². The summed E-state index contributed by atoms with van der Waals surface area (Å²) in [5.74, 6) is -1.35. The molecule has 0 bridgehead atoms. The molecule has 0 aromatic rings. The molecule has 2 N–H and O–H groups in total. The van der Waals surface area contributed by atoms with Gasteiger partial charge in [0.25, 0.3) is 0 Å². The number of aliphatic carboxylic acids is 1. The molecule has 16 heavy (non-hydrogen) atoms. The van der Waals surface area contributed by atoms with Crippen LogP contribution in [-0.4, -0.2) is 35.7 Å². The largest absolute Gasteiger partial charge is 0.480 e. The van der Waals surface area contributed by atoms with Crippen molar-refractivity contribution in [2.75, 3.05) is 6.61 Å². The predicted molar refractivity (Wildman–Crippen MR) is 58.0 cm³/mol. The third-order valence-electron chi connectivity index (χ3n) is 2.50. The van der Waals surface area contributed by atoms with Gasteiger partial charge in [-0.25, -0.2) is 4.79 Å². The van der Waals surface area contributed by atoms with Crippen molar-refractivity contribution in [3.05, 3.63) is 12.7 Å². The molecule has 90 valence electrons. The number of hydrogen-bond donors (Lipinski definition) is 2. The summed E-state index contributed by atoms with van der Waals surface area (Å²) in [6.45, 7) is 4.09. The maximum atomic E-state index is 11.6. The molecule has 1 rings (SSSR count). The number of carbonyl (C=O) groups excluding carboxylic acids is 1. The molecule has 1 fully saturated rings. The number of carboxylic acid groups (broad SMARTS) is 1. The van der Waals surface area contributed by atoms with Crippen molar-refractivity contribution in [2.45, 2.75) is 37.8 Å². The minimum Gasteiger partial charge on any atom is -0.480 e. The van der Waals surface area contributed by atoms with Gasteiger partial charge in [0.15, 0.2) is 0 Å². The van der Waals surface area contributed by atoms with Crippen LogP contribution < -0.4 is 5.32 Å². The van der Waals surface area contributed by atoms with Crippen LogP contribution in [0, 0.1) is 0 Å². The first-order valence-corrected chi connectivity index (χ1v) is 5.41. The Bertz CT molecular complexity index is 271. The van der Waals surface area contributed by atoms with Crippen LogP contribution in [0.25, 0.3) is 0 Å². The smallest absolute Gasteiger partial charge is 0.326 e. The lowest BCUT2D eigenvalue weighted by Gasteiger charge is -2.16. The zero-order chi connectivity index (χ0) is 12.0. The molecule has 0 radical (unpaired) electrons. The average Bonchev–Trinajstić information content (AvgIpc) is 2.76. The highest BCUT2D eigenvalue weighted by Gasteiger charge is 2.27. The van der Waals surface area contributed by atoms with E-state index in [4.69, 9.17) is 9.84 Å². The fourth-order valence-corrected chi connectivity index (χ4v) is 1.59. The lowest BCUT2D eigenvalue weighted by Crippen LogP contribution is -2.45. The quantitative estimate of drug-likeness (QED) is 0.655. The maximum Gasteiger partial charge on any atom is 0.326 e. The maximum absolute atomic E-state index is 11.6. The zero-order valence-electron chi connectivity index (χ0n) is 9.15. The van der Waals surface area contributed by atoms with Crippen molar-refractivity contribution in [1.29, 1.82) is 0 Å². The first-order valence-electron chi connectivity index (χ1n) is 5.41. The van der Waals surface area contributed by atoms with Crippen LogP contribution in [0.4, 0.5) is 0 Å². The summed E-state index contributed by atoms with van der Waals surface area (Å²) in [7, 11) is 0. The fraction of sp³-hybridized carbons (Fsp3) is 0.636. The Morgan fingerprint density at radius 2 is 2.38 bits per heavy atom. The molecule has 2 atom stereocenters. The van der Waals surface area contributed by atoms with E-state index in [-0.39, 0.29) is 5.91 Å². The van der Waals surface area contributed by atoms with Gasteiger partial charge in [0.2, 0.25) is 5.91 Å². The first kappa shape index (κ1) is 12.7. The normalized spacial score (nSPS) is 21.4. The molecule has 1 saturated heterocycles. The van der Waals surface area contributed by atoms with E-state index in [0.717, 1.165) is 6.42 Å². The van der Waals surface area contributed by atoms with Gasteiger partial charge in [-0.15, -0.1) is 6.58 Å². The molecular weight excluding hydrogens is 210 g/mol. The van der Waals surface area contributed by atoms with E-state index in [9.17, 15) is 9.59 Å². The van der Waals surface area contributed by atoms with E-state index in [2.05, 4.69) is 11.9 Å². The lowest BCUT2D eigenvalue weighted by atomic mass is 10.1. The lowest BCUT2D eigenvalue weighted by molar-refractivity contribution is -0.143. The highest BCUT2D eigenvalue weighted by Crippen LogP contribution is 2.12. The summed E-state index contributed by atoms with van der Waals surface area (Å²) in [4.78, 5) is 22.5. The van der Waals surface area contributed by atoms with Crippen LogP contribution in [0.15, 0.2) is 12.7 Å². The minimum atomic E-state index is -1.02. The molecule has 5 nitrogen and oxygen atoms in total. The molecule has 0 aromatic heterocycles. The van der Waals surface area contributed by atoms with Crippen molar-refractivity contribution in [3.63, 3.8) is 0 Å². The van der Waals surface area contributed by atoms with E-state index < -0.39 is 18.1 Å². The molecular formula is C11H17NO4. The molecule has 0 aliphatic carbocycles. The number of ether oxygens (including phenoxy) is 1. The van der Waals surface area contributed by atoms with Crippen LogP contribution in [0.3, 0.4) is 0 Å². The Kier molecular flexibility index (Phi) is 4.98. The molecule has 1 amide bonds. The van der Waals surface area contributed by atoms with E-state index in [1.807, 2.05) is 0 Å². The number of allylic oxidation sites excluding steroid dienone is 1. The summed E-state index contributed by atoms with van der Waals surface area (Å²) < 4.78 is 5.17. The predicted octanol–water partition coefficient (Wildman–Crippen LogP) is 0.701. The van der Waals surface area contributed by atoms with Gasteiger partial charge in [-0.2, -0.15) is 0 Å². The molecule has 0 spiro atoms.